The van der Waals surface area contributed by atoms with Crippen LogP contribution in [0.4, 0.5) is 17.6 Å². The lowest BCUT2D eigenvalue weighted by Crippen LogP contribution is -2.52. The molecule has 1 aliphatic carbocycles. The summed E-state index contributed by atoms with van der Waals surface area (Å²) in [6.07, 6.45) is -0.923. The minimum atomic E-state index is -4.47. The van der Waals surface area contributed by atoms with Gasteiger partial charge in [-0.1, -0.05) is 43.3 Å². The molecule has 1 aliphatic rings. The van der Waals surface area contributed by atoms with Crippen LogP contribution in [0.2, 0.25) is 0 Å². The van der Waals surface area contributed by atoms with Crippen LogP contribution in [0.25, 0.3) is 17.3 Å². The Balaban J connectivity index is 1.49. The van der Waals surface area contributed by atoms with Gasteiger partial charge in [0.05, 0.1) is 23.1 Å². The van der Waals surface area contributed by atoms with E-state index in [4.69, 9.17) is 4.74 Å². The number of carbonyl (C=O) groups is 1. The third-order valence-electron chi connectivity index (χ3n) is 6.91. The van der Waals surface area contributed by atoms with Gasteiger partial charge >= 0.3 is 6.18 Å². The number of hydrogen-bond acceptors (Lipinski definition) is 5. The molecule has 0 radical (unpaired) electrons. The molecule has 1 N–H and O–H groups in total. The molecule has 4 rings (SSSR count). The fourth-order valence-corrected chi connectivity index (χ4v) is 6.44. The van der Waals surface area contributed by atoms with E-state index in [-0.39, 0.29) is 30.8 Å². The van der Waals surface area contributed by atoms with Crippen molar-refractivity contribution in [3.63, 3.8) is 0 Å². The van der Waals surface area contributed by atoms with Gasteiger partial charge in [0.25, 0.3) is 0 Å². The molecule has 1 fully saturated rings. The smallest absolute Gasteiger partial charge is 0.416 e. The van der Waals surface area contributed by atoms with Crippen molar-refractivity contribution in [2.24, 2.45) is 0 Å². The van der Waals surface area contributed by atoms with Gasteiger partial charge in [0.15, 0.2) is 0 Å². The SMILES string of the molecule is CCN(C1(C(=O)NCc2cc(OC(C)C)nc(-c3ccc(C(F)(F)F)cc3)c2)CC1)S(=O)(=O)CC=Cc1ccc(F)cc1. The van der Waals surface area contributed by atoms with Crippen LogP contribution in [0.1, 0.15) is 50.3 Å². The molecule has 0 aliphatic heterocycles. The Hall–Kier alpha value is -3.77. The maximum Gasteiger partial charge on any atom is 0.416 e. The van der Waals surface area contributed by atoms with E-state index in [1.807, 2.05) is 0 Å². The van der Waals surface area contributed by atoms with E-state index in [2.05, 4.69) is 10.3 Å². The topological polar surface area (TPSA) is 88.6 Å². The second-order valence-electron chi connectivity index (χ2n) is 10.6. The van der Waals surface area contributed by atoms with Crippen molar-refractivity contribution in [3.05, 3.63) is 89.2 Å². The highest BCUT2D eigenvalue weighted by molar-refractivity contribution is 7.89. The number of nitrogens with zero attached hydrogens (tertiary/aromatic N) is 2. The van der Waals surface area contributed by atoms with E-state index >= 15 is 0 Å². The molecule has 230 valence electrons. The first-order valence-electron chi connectivity index (χ1n) is 13.8. The first kappa shape index (κ1) is 32.2. The van der Waals surface area contributed by atoms with E-state index in [0.29, 0.717) is 35.2 Å². The summed E-state index contributed by atoms with van der Waals surface area (Å²) in [4.78, 5) is 17.8. The van der Waals surface area contributed by atoms with Gasteiger partial charge in [0.2, 0.25) is 21.8 Å². The Morgan fingerprint density at radius 1 is 1.09 bits per heavy atom. The van der Waals surface area contributed by atoms with Crippen molar-refractivity contribution in [1.29, 1.82) is 0 Å². The highest BCUT2D eigenvalue weighted by atomic mass is 32.2. The van der Waals surface area contributed by atoms with E-state index in [1.54, 1.807) is 39.0 Å². The van der Waals surface area contributed by atoms with Gasteiger partial charge in [-0.25, -0.2) is 17.8 Å². The fraction of sp³-hybridized carbons (Fsp3) is 0.355. The van der Waals surface area contributed by atoms with Crippen LogP contribution in [0.3, 0.4) is 0 Å². The number of hydrogen-bond donors (Lipinski definition) is 1. The van der Waals surface area contributed by atoms with Crippen molar-refractivity contribution >= 4 is 22.0 Å². The van der Waals surface area contributed by atoms with Crippen LogP contribution < -0.4 is 10.1 Å². The average Bonchev–Trinajstić information content (AvgIpc) is 3.73. The normalized spacial score (nSPS) is 14.8. The van der Waals surface area contributed by atoms with Crippen LogP contribution in [0, 0.1) is 5.82 Å². The number of halogens is 4. The number of ether oxygens (including phenoxy) is 1. The zero-order chi connectivity index (χ0) is 31.4. The number of pyridine rings is 1. The first-order valence-corrected chi connectivity index (χ1v) is 15.4. The van der Waals surface area contributed by atoms with Crippen LogP contribution in [-0.4, -0.2) is 47.6 Å². The number of sulfonamides is 1. The van der Waals surface area contributed by atoms with Crippen LogP contribution >= 0.6 is 0 Å². The number of benzene rings is 2. The Kier molecular flexibility index (Phi) is 9.60. The lowest BCUT2D eigenvalue weighted by Gasteiger charge is -2.28. The van der Waals surface area contributed by atoms with E-state index in [0.717, 1.165) is 12.1 Å². The molecule has 2 aromatic carbocycles. The average molecular weight is 620 g/mol. The Morgan fingerprint density at radius 2 is 1.74 bits per heavy atom. The molecule has 0 bridgehead atoms. The van der Waals surface area contributed by atoms with Crippen LogP contribution in [0.5, 0.6) is 5.88 Å². The number of alkyl halides is 3. The predicted molar refractivity (Wildman–Crippen MR) is 156 cm³/mol. The maximum atomic E-state index is 13.4. The molecule has 1 heterocycles. The molecule has 3 aromatic rings. The summed E-state index contributed by atoms with van der Waals surface area (Å²) in [5, 5.41) is 2.83. The second kappa shape index (κ2) is 12.8. The summed E-state index contributed by atoms with van der Waals surface area (Å²) in [6.45, 7) is 5.40. The van der Waals surface area contributed by atoms with Gasteiger partial charge in [0.1, 0.15) is 11.4 Å². The quantitative estimate of drug-likeness (QED) is 0.244. The number of nitrogens with one attached hydrogen (secondary N) is 1. The monoisotopic (exact) mass is 619 g/mol. The predicted octanol–water partition coefficient (Wildman–Crippen LogP) is 6.21. The maximum absolute atomic E-state index is 13.4. The van der Waals surface area contributed by atoms with Gasteiger partial charge in [-0.3, -0.25) is 4.79 Å². The number of aromatic nitrogens is 1. The van der Waals surface area contributed by atoms with E-state index < -0.39 is 39.0 Å². The third-order valence-corrected chi connectivity index (χ3v) is 8.81. The van der Waals surface area contributed by atoms with Crippen molar-refractivity contribution in [2.75, 3.05) is 12.3 Å². The van der Waals surface area contributed by atoms with Crippen molar-refractivity contribution in [1.82, 2.24) is 14.6 Å². The first-order chi connectivity index (χ1) is 20.2. The van der Waals surface area contributed by atoms with E-state index in [9.17, 15) is 30.8 Å². The largest absolute Gasteiger partial charge is 0.475 e. The number of likely N-dealkylation sites (N-methyl/N-ethyl adjacent to an activating group) is 1. The van der Waals surface area contributed by atoms with Crippen LogP contribution in [0.15, 0.2) is 66.7 Å². The zero-order valence-corrected chi connectivity index (χ0v) is 24.8. The highest BCUT2D eigenvalue weighted by Gasteiger charge is 2.57. The molecule has 43 heavy (non-hydrogen) atoms. The summed E-state index contributed by atoms with van der Waals surface area (Å²) < 4.78 is 85.7. The minimum absolute atomic E-state index is 0.0211. The van der Waals surface area contributed by atoms with Crippen molar-refractivity contribution in [3.8, 4) is 17.1 Å². The second-order valence-corrected chi connectivity index (χ2v) is 12.5. The van der Waals surface area contributed by atoms with Crippen molar-refractivity contribution in [2.45, 2.75) is 58.0 Å². The molecule has 0 spiro atoms. The number of rotatable bonds is 12. The zero-order valence-electron chi connectivity index (χ0n) is 24.0. The van der Waals surface area contributed by atoms with Gasteiger partial charge in [-0.2, -0.15) is 17.5 Å². The lowest BCUT2D eigenvalue weighted by molar-refractivity contribution is -0.137. The Morgan fingerprint density at radius 3 is 2.30 bits per heavy atom. The summed E-state index contributed by atoms with van der Waals surface area (Å²) in [7, 11) is -3.85. The van der Waals surface area contributed by atoms with Gasteiger partial charge in [-0.15, -0.1) is 0 Å². The van der Waals surface area contributed by atoms with Gasteiger partial charge in [-0.05, 0) is 68.1 Å². The number of amides is 1. The van der Waals surface area contributed by atoms with Gasteiger partial charge < -0.3 is 10.1 Å². The summed E-state index contributed by atoms with van der Waals surface area (Å²) in [5.74, 6) is -0.928. The third kappa shape index (κ3) is 7.99. The Labute approximate surface area is 248 Å². The molecule has 12 heteroatoms. The molecule has 0 saturated heterocycles. The summed E-state index contributed by atoms with van der Waals surface area (Å²) >= 11 is 0. The molecule has 1 aromatic heterocycles. The molecule has 0 unspecified atom stereocenters. The van der Waals surface area contributed by atoms with E-state index in [1.165, 1.54) is 46.8 Å². The molecular weight excluding hydrogens is 586 g/mol. The van der Waals surface area contributed by atoms with Crippen molar-refractivity contribution < 1.29 is 35.5 Å². The lowest BCUT2D eigenvalue weighted by atomic mass is 10.1. The summed E-state index contributed by atoms with van der Waals surface area (Å²) in [5.41, 5.74) is 0.0330. The fourth-order valence-electron chi connectivity index (χ4n) is 4.73. The molecule has 1 amide bonds. The number of carbonyl (C=O) groups excluding carboxylic acids is 1. The minimum Gasteiger partial charge on any atom is -0.475 e. The highest BCUT2D eigenvalue weighted by Crippen LogP contribution is 2.44. The van der Waals surface area contributed by atoms with Gasteiger partial charge in [0, 0.05) is 24.7 Å². The molecule has 1 saturated carbocycles. The Bertz CT molecular complexity index is 1570. The summed E-state index contributed by atoms with van der Waals surface area (Å²) in [6, 6.07) is 13.5. The molecular formula is C31H33F4N3O4S. The molecule has 0 atom stereocenters. The molecule has 7 nitrogen and oxygen atoms in total. The van der Waals surface area contributed by atoms with Crippen LogP contribution in [-0.2, 0) is 27.5 Å². The standard InChI is InChI=1S/C31H33F4N3O4S/c1-4-38(43(40,41)17-5-6-22-7-13-26(32)14-8-22)30(15-16-30)29(39)36-20-23-18-27(37-28(19-23)42-21(2)3)24-9-11-25(12-10-24)31(33,34)35/h5-14,18-19,21H,4,15-17,20H2,1-3H3,(H,36,39).